The molecule has 146 valence electrons. The van der Waals surface area contributed by atoms with Crippen molar-refractivity contribution in [3.63, 3.8) is 0 Å². The van der Waals surface area contributed by atoms with Crippen LogP contribution in [-0.2, 0) is 30.6 Å². The zero-order valence-electron chi connectivity index (χ0n) is 15.6. The van der Waals surface area contributed by atoms with Gasteiger partial charge in [-0.15, -0.1) is 0 Å². The number of sulfone groups is 1. The van der Waals surface area contributed by atoms with Crippen LogP contribution in [0.3, 0.4) is 0 Å². The highest BCUT2D eigenvalue weighted by Crippen LogP contribution is 2.23. The molecule has 7 nitrogen and oxygen atoms in total. The molecule has 8 heteroatoms. The third-order valence-corrected chi connectivity index (χ3v) is 6.66. The molecular weight excluding hydrogens is 370 g/mol. The molecule has 3 rings (SSSR count). The van der Waals surface area contributed by atoms with Crippen molar-refractivity contribution in [3.8, 4) is 0 Å². The van der Waals surface area contributed by atoms with Crippen molar-refractivity contribution >= 4 is 32.7 Å². The van der Waals surface area contributed by atoms with Crippen LogP contribution >= 0.6 is 0 Å². The van der Waals surface area contributed by atoms with E-state index < -0.39 is 27.8 Å². The summed E-state index contributed by atoms with van der Waals surface area (Å²) in [4.78, 5) is 26.1. The summed E-state index contributed by atoms with van der Waals surface area (Å²) in [5.41, 5.74) is 2.45. The Labute approximate surface area is 158 Å². The molecule has 1 saturated heterocycles. The Balaban J connectivity index is 1.60. The summed E-state index contributed by atoms with van der Waals surface area (Å²) in [6.45, 7) is 3.45. The van der Waals surface area contributed by atoms with E-state index in [9.17, 15) is 18.0 Å². The zero-order chi connectivity index (χ0) is 19.8. The quantitative estimate of drug-likeness (QED) is 0.720. The van der Waals surface area contributed by atoms with Crippen LogP contribution in [0, 0.1) is 6.92 Å². The first-order valence-corrected chi connectivity index (χ1v) is 10.6. The molecule has 0 radical (unpaired) electrons. The van der Waals surface area contributed by atoms with Crippen LogP contribution < -0.4 is 0 Å². The molecule has 0 unspecified atom stereocenters. The van der Waals surface area contributed by atoms with Gasteiger partial charge < -0.3 is 14.1 Å². The van der Waals surface area contributed by atoms with Crippen LogP contribution in [0.2, 0.25) is 0 Å². The number of rotatable bonds is 5. The molecule has 27 heavy (non-hydrogen) atoms. The third kappa shape index (κ3) is 4.32. The van der Waals surface area contributed by atoms with Crippen molar-refractivity contribution in [3.05, 3.63) is 35.6 Å². The van der Waals surface area contributed by atoms with Crippen LogP contribution in [0.25, 0.3) is 11.0 Å². The van der Waals surface area contributed by atoms with Crippen molar-refractivity contribution in [2.24, 2.45) is 0 Å². The maximum atomic E-state index is 12.5. The molecule has 0 aliphatic carbocycles. The lowest BCUT2D eigenvalue weighted by Gasteiger charge is -2.26. The standard InChI is InChI=1S/C19H23NO6S/c1-12-4-5-16-14(10-25-17(16)8-12)9-18(21)26-13(2)19(22)20(3)15-6-7-27(23,24)11-15/h4-5,8,10,13,15H,6-7,9,11H2,1-3H3/t13-,15-/m1/s1. The molecule has 1 aromatic carbocycles. The summed E-state index contributed by atoms with van der Waals surface area (Å²) < 4.78 is 33.9. The van der Waals surface area contributed by atoms with E-state index in [4.69, 9.17) is 9.15 Å². The van der Waals surface area contributed by atoms with Crippen molar-refractivity contribution in [1.82, 2.24) is 4.90 Å². The SMILES string of the molecule is Cc1ccc2c(CC(=O)O[C@H](C)C(=O)N(C)[C@@H]3CCS(=O)(=O)C3)coc2c1. The number of nitrogens with zero attached hydrogens (tertiary/aromatic N) is 1. The van der Waals surface area contributed by atoms with Gasteiger partial charge in [0.1, 0.15) is 5.58 Å². The predicted octanol–water partition coefficient (Wildman–Crippen LogP) is 1.86. The van der Waals surface area contributed by atoms with Gasteiger partial charge in [0.25, 0.3) is 5.91 Å². The number of carbonyl (C=O) groups is 2. The number of carbonyl (C=O) groups excluding carboxylic acids is 2. The first kappa shape index (κ1) is 19.4. The Bertz CT molecular complexity index is 977. The molecule has 0 saturated carbocycles. The molecule has 0 bridgehead atoms. The van der Waals surface area contributed by atoms with E-state index >= 15 is 0 Å². The van der Waals surface area contributed by atoms with E-state index in [0.29, 0.717) is 17.6 Å². The van der Waals surface area contributed by atoms with Gasteiger partial charge in [-0.2, -0.15) is 0 Å². The smallest absolute Gasteiger partial charge is 0.311 e. The average molecular weight is 393 g/mol. The monoisotopic (exact) mass is 393 g/mol. The minimum absolute atomic E-state index is 0.00476. The largest absolute Gasteiger partial charge is 0.464 e. The molecule has 1 aliphatic rings. The molecule has 1 amide bonds. The highest BCUT2D eigenvalue weighted by molar-refractivity contribution is 7.91. The minimum Gasteiger partial charge on any atom is -0.464 e. The molecule has 1 aromatic heterocycles. The Morgan fingerprint density at radius 2 is 2.11 bits per heavy atom. The lowest BCUT2D eigenvalue weighted by Crippen LogP contribution is -2.44. The molecular formula is C19H23NO6S. The molecule has 2 heterocycles. The van der Waals surface area contributed by atoms with Gasteiger partial charge in [0.15, 0.2) is 15.9 Å². The van der Waals surface area contributed by atoms with Crippen LogP contribution in [-0.4, -0.2) is 55.9 Å². The first-order valence-electron chi connectivity index (χ1n) is 8.79. The summed E-state index contributed by atoms with van der Waals surface area (Å²) in [6.07, 6.45) is 0.944. The topological polar surface area (TPSA) is 93.9 Å². The van der Waals surface area contributed by atoms with Crippen molar-refractivity contribution in [1.29, 1.82) is 0 Å². The Kier molecular flexibility index (Phi) is 5.28. The van der Waals surface area contributed by atoms with Gasteiger partial charge in [-0.25, -0.2) is 8.42 Å². The number of fused-ring (bicyclic) bond motifs is 1. The van der Waals surface area contributed by atoms with Crippen molar-refractivity contribution < 1.29 is 27.2 Å². The number of aryl methyl sites for hydroxylation is 1. The van der Waals surface area contributed by atoms with Crippen molar-refractivity contribution in [2.75, 3.05) is 18.6 Å². The highest BCUT2D eigenvalue weighted by Gasteiger charge is 2.35. The number of hydrogen-bond acceptors (Lipinski definition) is 6. The summed E-state index contributed by atoms with van der Waals surface area (Å²) in [7, 11) is -1.55. The molecule has 1 fully saturated rings. The summed E-state index contributed by atoms with van der Waals surface area (Å²) >= 11 is 0. The molecule has 0 N–H and O–H groups in total. The fourth-order valence-corrected chi connectivity index (χ4v) is 5.09. The Morgan fingerprint density at radius 3 is 2.78 bits per heavy atom. The van der Waals surface area contributed by atoms with Crippen LogP contribution in [0.15, 0.2) is 28.9 Å². The fraction of sp³-hybridized carbons (Fsp3) is 0.474. The van der Waals surface area contributed by atoms with Crippen LogP contribution in [0.4, 0.5) is 0 Å². The van der Waals surface area contributed by atoms with E-state index in [1.165, 1.54) is 18.1 Å². The summed E-state index contributed by atoms with van der Waals surface area (Å²) in [5, 5.41) is 0.838. The maximum absolute atomic E-state index is 12.5. The lowest BCUT2D eigenvalue weighted by molar-refractivity contribution is -0.158. The lowest BCUT2D eigenvalue weighted by atomic mass is 10.1. The van der Waals surface area contributed by atoms with Crippen LogP contribution in [0.5, 0.6) is 0 Å². The molecule has 1 aliphatic heterocycles. The van der Waals surface area contributed by atoms with E-state index in [1.807, 2.05) is 25.1 Å². The number of furan rings is 1. The second kappa shape index (κ2) is 7.34. The number of esters is 1. The van der Waals surface area contributed by atoms with E-state index in [1.54, 1.807) is 7.05 Å². The maximum Gasteiger partial charge on any atom is 0.311 e. The third-order valence-electron chi connectivity index (χ3n) is 4.91. The number of likely N-dealkylation sites (N-methyl/N-ethyl adjacent to an activating group) is 1. The van der Waals surface area contributed by atoms with Gasteiger partial charge in [0, 0.05) is 24.0 Å². The first-order chi connectivity index (χ1) is 12.7. The fourth-order valence-electron chi connectivity index (χ4n) is 3.32. The van der Waals surface area contributed by atoms with Gasteiger partial charge >= 0.3 is 5.97 Å². The second-order valence-electron chi connectivity index (χ2n) is 7.08. The van der Waals surface area contributed by atoms with E-state index in [0.717, 1.165) is 10.9 Å². The zero-order valence-corrected chi connectivity index (χ0v) is 16.4. The van der Waals surface area contributed by atoms with Gasteiger partial charge in [0.05, 0.1) is 24.2 Å². The van der Waals surface area contributed by atoms with Gasteiger partial charge in [-0.3, -0.25) is 9.59 Å². The van der Waals surface area contributed by atoms with E-state index in [2.05, 4.69) is 0 Å². The van der Waals surface area contributed by atoms with Gasteiger partial charge in [0.2, 0.25) is 0 Å². The minimum atomic E-state index is -3.09. The predicted molar refractivity (Wildman–Crippen MR) is 100 cm³/mol. The number of hydrogen-bond donors (Lipinski definition) is 0. The van der Waals surface area contributed by atoms with Gasteiger partial charge in [-0.1, -0.05) is 12.1 Å². The van der Waals surface area contributed by atoms with Gasteiger partial charge in [-0.05, 0) is 31.9 Å². The molecule has 2 aromatic rings. The molecule has 0 spiro atoms. The second-order valence-corrected chi connectivity index (χ2v) is 9.30. The Hall–Kier alpha value is -2.35. The molecule has 2 atom stereocenters. The van der Waals surface area contributed by atoms with Crippen LogP contribution in [0.1, 0.15) is 24.5 Å². The Morgan fingerprint density at radius 1 is 1.37 bits per heavy atom. The van der Waals surface area contributed by atoms with E-state index in [-0.39, 0.29) is 24.0 Å². The number of amides is 1. The van der Waals surface area contributed by atoms with Crippen molar-refractivity contribution in [2.45, 2.75) is 38.8 Å². The normalized spacial score (nSPS) is 19.7. The average Bonchev–Trinajstić information content (AvgIpc) is 3.16. The summed E-state index contributed by atoms with van der Waals surface area (Å²) in [5.74, 6) is -0.906. The number of benzene rings is 1. The highest BCUT2D eigenvalue weighted by atomic mass is 32.2. The summed E-state index contributed by atoms with van der Waals surface area (Å²) in [6, 6.07) is 5.34. The number of ether oxygens (including phenoxy) is 1.